The zero-order valence-corrected chi connectivity index (χ0v) is 23.2. The Morgan fingerprint density at radius 2 is 1.78 bits per heavy atom. The lowest BCUT2D eigenvalue weighted by molar-refractivity contribution is -0.113. The van der Waals surface area contributed by atoms with Gasteiger partial charge in [-0.15, -0.1) is 0 Å². The highest BCUT2D eigenvalue weighted by Crippen LogP contribution is 2.37. The largest absolute Gasteiger partial charge is 0.493 e. The zero-order chi connectivity index (χ0) is 26.5. The number of unbranched alkanes of at least 4 members (excludes halogenated alkanes) is 3. The third-order valence-corrected chi connectivity index (χ3v) is 7.58. The number of thioether (sulfide) groups is 1. The maximum absolute atomic E-state index is 13.5. The van der Waals surface area contributed by atoms with Gasteiger partial charge in [0, 0.05) is 7.05 Å². The fourth-order valence-electron chi connectivity index (χ4n) is 4.23. The van der Waals surface area contributed by atoms with E-state index in [1.165, 1.54) is 29.5 Å². The van der Waals surface area contributed by atoms with Crippen molar-refractivity contribution in [3.63, 3.8) is 0 Å². The molecule has 0 N–H and O–H groups in total. The normalized spacial score (nSPS) is 14.6. The lowest BCUT2D eigenvalue weighted by atomic mass is 10.1. The van der Waals surface area contributed by atoms with Crippen molar-refractivity contribution < 1.29 is 14.3 Å². The Morgan fingerprint density at radius 1 is 1.03 bits per heavy atom. The maximum atomic E-state index is 13.5. The Hall–Kier alpha value is -3.30. The number of anilines is 1. The Labute approximate surface area is 226 Å². The van der Waals surface area contributed by atoms with Crippen molar-refractivity contribution in [2.24, 2.45) is 7.05 Å². The highest BCUT2D eigenvalue weighted by Gasteiger charge is 2.37. The van der Waals surface area contributed by atoms with Gasteiger partial charge in [-0.05, 0) is 49.2 Å². The van der Waals surface area contributed by atoms with Crippen molar-refractivity contribution in [1.29, 1.82) is 0 Å². The van der Waals surface area contributed by atoms with E-state index < -0.39 is 0 Å². The number of hydrogen-bond donors (Lipinski definition) is 0. The van der Waals surface area contributed by atoms with Crippen LogP contribution in [0.15, 0.2) is 58.2 Å². The van der Waals surface area contributed by atoms with Crippen LogP contribution in [0, 0.1) is 6.92 Å². The number of hydrogen-bond acceptors (Lipinski definition) is 6. The fraction of sp³-hybridized carbons (Fsp3) is 0.321. The van der Waals surface area contributed by atoms with E-state index in [0.29, 0.717) is 38.7 Å². The lowest BCUT2D eigenvalue weighted by Gasteiger charge is -2.12. The van der Waals surface area contributed by atoms with Crippen LogP contribution >= 0.6 is 24.0 Å². The molecule has 3 aromatic rings. The van der Waals surface area contributed by atoms with Crippen LogP contribution < -0.4 is 19.9 Å². The summed E-state index contributed by atoms with van der Waals surface area (Å²) in [5, 5.41) is 0. The number of para-hydroxylation sites is 1. The molecule has 0 spiro atoms. The molecule has 37 heavy (non-hydrogen) atoms. The number of ether oxygens (including phenoxy) is 2. The van der Waals surface area contributed by atoms with Gasteiger partial charge in [-0.25, -0.2) is 4.68 Å². The predicted octanol–water partition coefficient (Wildman–Crippen LogP) is 5.86. The van der Waals surface area contributed by atoms with Crippen LogP contribution in [0.4, 0.5) is 5.69 Å². The van der Waals surface area contributed by atoms with E-state index in [9.17, 15) is 9.59 Å². The molecule has 1 fully saturated rings. The molecule has 0 aliphatic carbocycles. The molecule has 1 aliphatic rings. The summed E-state index contributed by atoms with van der Waals surface area (Å²) in [5.41, 5.74) is 2.10. The molecule has 1 amide bonds. The minimum atomic E-state index is -0.323. The first-order valence-electron chi connectivity index (χ1n) is 12.3. The third-order valence-electron chi connectivity index (χ3n) is 6.28. The number of rotatable bonds is 10. The molecule has 2 heterocycles. The Kier molecular flexibility index (Phi) is 8.56. The summed E-state index contributed by atoms with van der Waals surface area (Å²) in [6.07, 6.45) is 6.26. The van der Waals surface area contributed by atoms with Crippen LogP contribution in [0.3, 0.4) is 0 Å². The van der Waals surface area contributed by atoms with Gasteiger partial charge in [0.1, 0.15) is 5.69 Å². The molecule has 7 nitrogen and oxygen atoms in total. The van der Waals surface area contributed by atoms with E-state index >= 15 is 0 Å². The van der Waals surface area contributed by atoms with E-state index in [1.807, 2.05) is 55.5 Å². The van der Waals surface area contributed by atoms with E-state index in [1.54, 1.807) is 29.6 Å². The minimum Gasteiger partial charge on any atom is -0.493 e. The molecule has 0 radical (unpaired) electrons. The molecule has 0 unspecified atom stereocenters. The third kappa shape index (κ3) is 5.52. The van der Waals surface area contributed by atoms with Gasteiger partial charge >= 0.3 is 0 Å². The number of aromatic nitrogens is 2. The molecule has 2 aromatic carbocycles. The van der Waals surface area contributed by atoms with Gasteiger partial charge in [0.15, 0.2) is 15.8 Å². The molecular formula is C28H31N3O4S2. The van der Waals surface area contributed by atoms with Crippen molar-refractivity contribution in [2.45, 2.75) is 39.5 Å². The molecule has 0 bridgehead atoms. The first-order valence-corrected chi connectivity index (χ1v) is 13.5. The van der Waals surface area contributed by atoms with Gasteiger partial charge in [0.2, 0.25) is 0 Å². The summed E-state index contributed by atoms with van der Waals surface area (Å²) in [7, 11) is 3.39. The number of thiocarbonyl (C=S) groups is 1. The SMILES string of the molecule is CCCCCCOc1ccc(C=C2SC(=S)N(c3c(C)n(C)n(-c4ccccc4)c3=O)C2=O)cc1OC. The first kappa shape index (κ1) is 26.8. The van der Waals surface area contributed by atoms with Gasteiger partial charge < -0.3 is 9.47 Å². The summed E-state index contributed by atoms with van der Waals surface area (Å²) in [5.74, 6) is 0.950. The van der Waals surface area contributed by atoms with Crippen molar-refractivity contribution in [3.05, 3.63) is 75.0 Å². The van der Waals surface area contributed by atoms with Crippen LogP contribution in [-0.4, -0.2) is 33.3 Å². The highest BCUT2D eigenvalue weighted by molar-refractivity contribution is 8.27. The minimum absolute atomic E-state index is 0.265. The number of benzene rings is 2. The van der Waals surface area contributed by atoms with Crippen molar-refractivity contribution >= 4 is 46.0 Å². The van der Waals surface area contributed by atoms with Gasteiger partial charge in [-0.1, -0.05) is 74.4 Å². The second-order valence-corrected chi connectivity index (χ2v) is 10.4. The molecule has 0 atom stereocenters. The smallest absolute Gasteiger partial charge is 0.296 e. The summed E-state index contributed by atoms with van der Waals surface area (Å²) < 4.78 is 15.0. The zero-order valence-electron chi connectivity index (χ0n) is 21.5. The average Bonchev–Trinajstić information content (AvgIpc) is 3.29. The molecule has 0 saturated carbocycles. The Balaban J connectivity index is 1.59. The van der Waals surface area contributed by atoms with Crippen molar-refractivity contribution in [3.8, 4) is 17.2 Å². The summed E-state index contributed by atoms with van der Waals surface area (Å²) in [4.78, 5) is 28.7. The molecule has 4 rings (SSSR count). The van der Waals surface area contributed by atoms with E-state index in [-0.39, 0.29) is 17.2 Å². The Bertz CT molecular complexity index is 1390. The van der Waals surface area contributed by atoms with E-state index in [4.69, 9.17) is 21.7 Å². The Morgan fingerprint density at radius 3 is 2.49 bits per heavy atom. The summed E-state index contributed by atoms with van der Waals surface area (Å²) >= 11 is 6.73. The average molecular weight is 538 g/mol. The predicted molar refractivity (Wildman–Crippen MR) is 154 cm³/mol. The molecule has 1 saturated heterocycles. The summed E-state index contributed by atoms with van der Waals surface area (Å²) in [6, 6.07) is 14.9. The quantitative estimate of drug-likeness (QED) is 0.183. The van der Waals surface area contributed by atoms with Gasteiger partial charge in [0.05, 0.1) is 30.0 Å². The molecular weight excluding hydrogens is 506 g/mol. The molecule has 9 heteroatoms. The topological polar surface area (TPSA) is 65.7 Å². The monoisotopic (exact) mass is 537 g/mol. The van der Waals surface area contributed by atoms with E-state index in [2.05, 4.69) is 6.92 Å². The second-order valence-electron chi connectivity index (χ2n) is 8.75. The van der Waals surface area contributed by atoms with E-state index in [0.717, 1.165) is 18.4 Å². The lowest BCUT2D eigenvalue weighted by Crippen LogP contribution is -2.33. The van der Waals surface area contributed by atoms with Crippen LogP contribution in [0.2, 0.25) is 0 Å². The second kappa shape index (κ2) is 11.8. The van der Waals surface area contributed by atoms with Crippen LogP contribution in [0.25, 0.3) is 11.8 Å². The van der Waals surface area contributed by atoms with Crippen LogP contribution in [-0.2, 0) is 11.8 Å². The highest BCUT2D eigenvalue weighted by atomic mass is 32.2. The van der Waals surface area contributed by atoms with Gasteiger partial charge in [-0.2, -0.15) is 0 Å². The standard InChI is InChI=1S/C28H31N3O4S2/c1-5-6-7-11-16-35-22-15-14-20(17-23(22)34-4)18-24-26(32)30(28(36)37-24)25-19(2)29(3)31(27(25)33)21-12-9-8-10-13-21/h8-10,12-15,17-18H,5-7,11,16H2,1-4H3. The number of methoxy groups -OCH3 is 1. The van der Waals surface area contributed by atoms with Gasteiger partial charge in [-0.3, -0.25) is 19.2 Å². The number of carbonyl (C=O) groups is 1. The fourth-order valence-corrected chi connectivity index (χ4v) is 5.50. The molecule has 1 aliphatic heterocycles. The van der Waals surface area contributed by atoms with Gasteiger partial charge in [0.25, 0.3) is 11.5 Å². The number of amides is 1. The maximum Gasteiger partial charge on any atom is 0.296 e. The van der Waals surface area contributed by atoms with Crippen LogP contribution in [0.5, 0.6) is 11.5 Å². The van der Waals surface area contributed by atoms with Crippen molar-refractivity contribution in [2.75, 3.05) is 18.6 Å². The number of carbonyl (C=O) groups excluding carboxylic acids is 1. The molecule has 194 valence electrons. The van der Waals surface area contributed by atoms with Crippen LogP contribution in [0.1, 0.15) is 43.9 Å². The number of nitrogens with zero attached hydrogens (tertiary/aromatic N) is 3. The first-order chi connectivity index (χ1) is 17.9. The van der Waals surface area contributed by atoms with Crippen molar-refractivity contribution in [1.82, 2.24) is 9.36 Å². The summed E-state index contributed by atoms with van der Waals surface area (Å²) in [6.45, 7) is 4.62. The molecule has 1 aromatic heterocycles.